The van der Waals surface area contributed by atoms with Gasteiger partial charge in [0.2, 0.25) is 0 Å². The van der Waals surface area contributed by atoms with E-state index in [4.69, 9.17) is 10.5 Å². The van der Waals surface area contributed by atoms with Crippen LogP contribution < -0.4 is 10.5 Å². The van der Waals surface area contributed by atoms with Gasteiger partial charge in [-0.2, -0.15) is 0 Å². The topological polar surface area (TPSA) is 35.2 Å². The van der Waals surface area contributed by atoms with Crippen molar-refractivity contribution in [2.75, 3.05) is 13.7 Å². The fourth-order valence-electron chi connectivity index (χ4n) is 1.75. The van der Waals surface area contributed by atoms with Crippen molar-refractivity contribution < 1.29 is 4.74 Å². The molecule has 0 bridgehead atoms. The Morgan fingerprint density at radius 3 is 2.47 bits per heavy atom. The van der Waals surface area contributed by atoms with E-state index in [0.29, 0.717) is 11.8 Å². The Bertz CT molecular complexity index is 296. The predicted octanol–water partition coefficient (Wildman–Crippen LogP) is 2.47. The van der Waals surface area contributed by atoms with E-state index >= 15 is 0 Å². The van der Waals surface area contributed by atoms with E-state index in [-0.39, 0.29) is 0 Å². The number of methoxy groups -OCH3 is 1. The first-order valence-electron chi connectivity index (χ1n) is 5.51. The maximum absolute atomic E-state index is 5.77. The molecule has 0 amide bonds. The number of ether oxygens (including phenoxy) is 1. The van der Waals surface area contributed by atoms with Gasteiger partial charge < -0.3 is 10.5 Å². The zero-order valence-electron chi connectivity index (χ0n) is 9.86. The lowest BCUT2D eigenvalue weighted by Gasteiger charge is -2.19. The Labute approximate surface area is 92.4 Å². The second-order valence-electron chi connectivity index (χ2n) is 4.26. The van der Waals surface area contributed by atoms with Gasteiger partial charge in [-0.25, -0.2) is 0 Å². The molecule has 2 N–H and O–H groups in total. The lowest BCUT2D eigenvalue weighted by molar-refractivity contribution is 0.373. The summed E-state index contributed by atoms with van der Waals surface area (Å²) in [7, 11) is 1.71. The minimum Gasteiger partial charge on any atom is -0.496 e. The third-order valence-electron chi connectivity index (χ3n) is 2.92. The highest BCUT2D eigenvalue weighted by atomic mass is 16.5. The molecule has 1 unspecified atom stereocenters. The molecule has 2 heteroatoms. The van der Waals surface area contributed by atoms with Crippen LogP contribution in [0.4, 0.5) is 0 Å². The van der Waals surface area contributed by atoms with Gasteiger partial charge in [-0.15, -0.1) is 0 Å². The average Bonchev–Trinajstić information content (AvgIpc) is 2.25. The van der Waals surface area contributed by atoms with Gasteiger partial charge in [-0.1, -0.05) is 32.0 Å². The van der Waals surface area contributed by atoms with Crippen molar-refractivity contribution in [3.63, 3.8) is 0 Å². The molecule has 0 aliphatic rings. The van der Waals surface area contributed by atoms with Gasteiger partial charge in [0, 0.05) is 0 Å². The summed E-state index contributed by atoms with van der Waals surface area (Å²) in [6, 6.07) is 8.16. The molecule has 1 rings (SSSR count). The average molecular weight is 207 g/mol. The van der Waals surface area contributed by atoms with Crippen LogP contribution in [0, 0.1) is 11.8 Å². The lowest BCUT2D eigenvalue weighted by atomic mass is 9.89. The summed E-state index contributed by atoms with van der Waals surface area (Å²) in [6.45, 7) is 5.16. The Morgan fingerprint density at radius 1 is 1.27 bits per heavy atom. The van der Waals surface area contributed by atoms with E-state index in [9.17, 15) is 0 Å². The van der Waals surface area contributed by atoms with Gasteiger partial charge in [-0.3, -0.25) is 0 Å². The predicted molar refractivity (Wildman–Crippen MR) is 64.1 cm³/mol. The van der Waals surface area contributed by atoms with Gasteiger partial charge in [0.25, 0.3) is 0 Å². The smallest absolute Gasteiger partial charge is 0.122 e. The molecule has 1 atom stereocenters. The zero-order chi connectivity index (χ0) is 11.3. The Hall–Kier alpha value is -1.02. The van der Waals surface area contributed by atoms with Crippen LogP contribution in [0.5, 0.6) is 5.75 Å². The second-order valence-corrected chi connectivity index (χ2v) is 4.26. The van der Waals surface area contributed by atoms with Gasteiger partial charge in [0.1, 0.15) is 5.75 Å². The van der Waals surface area contributed by atoms with Gasteiger partial charge in [-0.05, 0) is 36.4 Å². The molecule has 0 saturated carbocycles. The molecule has 0 aromatic heterocycles. The maximum Gasteiger partial charge on any atom is 0.122 e. The fourth-order valence-corrected chi connectivity index (χ4v) is 1.75. The monoisotopic (exact) mass is 207 g/mol. The van der Waals surface area contributed by atoms with Gasteiger partial charge in [0.15, 0.2) is 0 Å². The minimum absolute atomic E-state index is 0.529. The van der Waals surface area contributed by atoms with Crippen molar-refractivity contribution in [2.45, 2.75) is 20.3 Å². The Balaban J connectivity index is 2.78. The van der Waals surface area contributed by atoms with Gasteiger partial charge >= 0.3 is 0 Å². The maximum atomic E-state index is 5.77. The number of benzene rings is 1. The number of nitrogens with two attached hydrogens (primary N) is 1. The van der Waals surface area contributed by atoms with Crippen molar-refractivity contribution in [1.29, 1.82) is 0 Å². The van der Waals surface area contributed by atoms with E-state index in [2.05, 4.69) is 19.9 Å². The SMILES string of the molecule is COc1ccccc1CC(CN)C(C)C. The molecule has 1 aromatic rings. The van der Waals surface area contributed by atoms with E-state index in [1.54, 1.807) is 7.11 Å². The van der Waals surface area contributed by atoms with E-state index < -0.39 is 0 Å². The number of hydrogen-bond acceptors (Lipinski definition) is 2. The Morgan fingerprint density at radius 2 is 1.93 bits per heavy atom. The molecule has 0 heterocycles. The fraction of sp³-hybridized carbons (Fsp3) is 0.538. The van der Waals surface area contributed by atoms with Crippen LogP contribution >= 0.6 is 0 Å². The zero-order valence-corrected chi connectivity index (χ0v) is 9.86. The molecule has 2 nitrogen and oxygen atoms in total. The molecule has 0 saturated heterocycles. The first-order valence-corrected chi connectivity index (χ1v) is 5.51. The summed E-state index contributed by atoms with van der Waals surface area (Å²) in [5.74, 6) is 2.11. The molecule has 0 aliphatic heterocycles. The highest BCUT2D eigenvalue weighted by molar-refractivity contribution is 5.33. The third kappa shape index (κ3) is 3.24. The van der Waals surface area contributed by atoms with Crippen LogP contribution in [-0.2, 0) is 6.42 Å². The van der Waals surface area contributed by atoms with Crippen molar-refractivity contribution in [1.82, 2.24) is 0 Å². The van der Waals surface area contributed by atoms with Gasteiger partial charge in [0.05, 0.1) is 7.11 Å². The van der Waals surface area contributed by atoms with Crippen molar-refractivity contribution in [3.8, 4) is 5.75 Å². The first kappa shape index (κ1) is 12.1. The third-order valence-corrected chi connectivity index (χ3v) is 2.92. The molecule has 0 radical (unpaired) electrons. The van der Waals surface area contributed by atoms with E-state index in [1.165, 1.54) is 5.56 Å². The second kappa shape index (κ2) is 5.76. The van der Waals surface area contributed by atoms with Crippen LogP contribution in [0.15, 0.2) is 24.3 Å². The van der Waals surface area contributed by atoms with Crippen molar-refractivity contribution in [2.24, 2.45) is 17.6 Å². The number of para-hydroxylation sites is 1. The van der Waals surface area contributed by atoms with Crippen molar-refractivity contribution in [3.05, 3.63) is 29.8 Å². The minimum atomic E-state index is 0.529. The summed E-state index contributed by atoms with van der Waals surface area (Å²) in [4.78, 5) is 0. The summed E-state index contributed by atoms with van der Waals surface area (Å²) in [6.07, 6.45) is 0.998. The normalized spacial score (nSPS) is 12.9. The van der Waals surface area contributed by atoms with E-state index in [0.717, 1.165) is 18.7 Å². The largest absolute Gasteiger partial charge is 0.496 e. The number of rotatable bonds is 5. The molecule has 0 spiro atoms. The highest BCUT2D eigenvalue weighted by Gasteiger charge is 2.14. The Kier molecular flexibility index (Phi) is 4.63. The number of hydrogen-bond donors (Lipinski definition) is 1. The highest BCUT2D eigenvalue weighted by Crippen LogP contribution is 2.23. The molecule has 1 aromatic carbocycles. The lowest BCUT2D eigenvalue weighted by Crippen LogP contribution is -2.22. The summed E-state index contributed by atoms with van der Waals surface area (Å²) >= 11 is 0. The summed E-state index contributed by atoms with van der Waals surface area (Å²) in [5, 5.41) is 0. The quantitative estimate of drug-likeness (QED) is 0.805. The summed E-state index contributed by atoms with van der Waals surface area (Å²) < 4.78 is 5.33. The molecule has 15 heavy (non-hydrogen) atoms. The van der Waals surface area contributed by atoms with Crippen LogP contribution in [0.2, 0.25) is 0 Å². The molecule has 0 aliphatic carbocycles. The van der Waals surface area contributed by atoms with Crippen LogP contribution in [0.1, 0.15) is 19.4 Å². The summed E-state index contributed by atoms with van der Waals surface area (Å²) in [5.41, 5.74) is 7.03. The van der Waals surface area contributed by atoms with Crippen LogP contribution in [0.25, 0.3) is 0 Å². The molecule has 84 valence electrons. The van der Waals surface area contributed by atoms with Crippen LogP contribution in [-0.4, -0.2) is 13.7 Å². The van der Waals surface area contributed by atoms with E-state index in [1.807, 2.05) is 18.2 Å². The standard InChI is InChI=1S/C13H21NO/c1-10(2)12(9-14)8-11-6-4-5-7-13(11)15-3/h4-7,10,12H,8-9,14H2,1-3H3. The van der Waals surface area contributed by atoms with Crippen molar-refractivity contribution >= 4 is 0 Å². The molecule has 0 fully saturated rings. The van der Waals surface area contributed by atoms with Crippen LogP contribution in [0.3, 0.4) is 0 Å². The molecular formula is C13H21NO. The molecular weight excluding hydrogens is 186 g/mol. The first-order chi connectivity index (χ1) is 7.19.